The van der Waals surface area contributed by atoms with Gasteiger partial charge in [0.15, 0.2) is 0 Å². The van der Waals surface area contributed by atoms with Gasteiger partial charge in [-0.05, 0) is 45.3 Å². The number of fused-ring (bicyclic) bond motifs is 15. The van der Waals surface area contributed by atoms with Crippen LogP contribution in [0.2, 0.25) is 5.02 Å². The van der Waals surface area contributed by atoms with E-state index in [2.05, 4.69) is 10.6 Å². The number of aromatic hydroxyl groups is 1. The van der Waals surface area contributed by atoms with Gasteiger partial charge in [-0.15, -0.1) is 0 Å². The van der Waals surface area contributed by atoms with E-state index in [1.807, 2.05) is 0 Å². The molecule has 25 heteroatoms. The lowest BCUT2D eigenvalue weighted by Crippen LogP contribution is -2.61. The number of aliphatic hydroxyl groups excluding tert-OH is 2. The van der Waals surface area contributed by atoms with E-state index in [0.29, 0.717) is 12.8 Å². The van der Waals surface area contributed by atoms with Gasteiger partial charge in [-0.1, -0.05) is 43.7 Å². The highest BCUT2D eigenvalue weighted by atomic mass is 35.5. The van der Waals surface area contributed by atoms with Gasteiger partial charge < -0.3 is 80.6 Å². The van der Waals surface area contributed by atoms with Gasteiger partial charge in [0.1, 0.15) is 40.4 Å². The van der Waals surface area contributed by atoms with Crippen molar-refractivity contribution in [2.45, 2.75) is 108 Å². The predicted molar refractivity (Wildman–Crippen MR) is 285 cm³/mol. The Bertz CT molecular complexity index is 3300. The van der Waals surface area contributed by atoms with Gasteiger partial charge >= 0.3 is 17.8 Å². The third-order valence-electron chi connectivity index (χ3n) is 15.8. The van der Waals surface area contributed by atoms with Crippen molar-refractivity contribution in [3.8, 4) is 11.5 Å². The van der Waals surface area contributed by atoms with E-state index in [1.54, 1.807) is 28.2 Å². The summed E-state index contributed by atoms with van der Waals surface area (Å²) >= 11 is 6.90. The average molecular weight is 1130 g/mol. The molecular weight excluding hydrogens is 1070 g/mol. The number of aromatic nitrogens is 1. The highest BCUT2D eigenvalue weighted by Gasteiger charge is 2.53. The van der Waals surface area contributed by atoms with E-state index in [1.165, 1.54) is 58.4 Å². The van der Waals surface area contributed by atoms with Crippen LogP contribution in [0.5, 0.6) is 11.5 Å². The number of carbonyl (C=O) groups is 6. The van der Waals surface area contributed by atoms with Gasteiger partial charge in [0.25, 0.3) is 11.7 Å². The second-order valence-corrected chi connectivity index (χ2v) is 21.5. The summed E-state index contributed by atoms with van der Waals surface area (Å²) in [7, 11) is 1.31. The molecule has 1 saturated carbocycles. The van der Waals surface area contributed by atoms with Crippen LogP contribution in [0.4, 0.5) is 14.9 Å². The number of anilines is 1. The second kappa shape index (κ2) is 22.4. The van der Waals surface area contributed by atoms with Crippen molar-refractivity contribution >= 4 is 63.5 Å². The maximum Gasteiger partial charge on any atom is 0.407 e. The summed E-state index contributed by atoms with van der Waals surface area (Å²) in [5.41, 5.74) is 9.97. The molecule has 5 aliphatic heterocycles. The van der Waals surface area contributed by atoms with E-state index in [9.17, 15) is 54.0 Å². The molecule has 10 atom stereocenters. The maximum absolute atomic E-state index is 16.1. The van der Waals surface area contributed by atoms with E-state index >= 15 is 4.39 Å². The third-order valence-corrected chi connectivity index (χ3v) is 16.2. The molecule has 3 fully saturated rings. The minimum absolute atomic E-state index is 0.00172. The van der Waals surface area contributed by atoms with Crippen LogP contribution in [0, 0.1) is 24.6 Å². The zero-order valence-electron chi connectivity index (χ0n) is 44.6. The molecule has 5 bridgehead atoms. The number of aliphatic hydroxyl groups is 2. The Labute approximate surface area is 462 Å². The molecule has 7 aliphatic rings. The molecule has 3 aromatic rings. The standard InChI is InChI=1S/C55H63ClFN7O16/c1-23-8-7-9-24(2)52(72)61-39-42(62-15-18-77-19-16-62)47(69)33-34(46(39)68)44(66)26(4)49-35(33)51(71)55(5,80-49)78-17-13-32(76-6)25(3)50(38(59)48(70)37(58)43(23)65)79-54(75)60-27-12-14-63(21-27)41-31(57)20-29-40(36(41)56)64(28-10-11-28)22-30(45(29)67)53(73)74/h7-9,13,17,20,22-23,25,27-28,32,37-38,43,48,50,65-66,70H,10-12,14-16,18-19,21,58-59H2,1-6H3,(H,60,75)(H,61,72)(H,73,74)/b8-7+,17-13?,24-9-/t23-,25+,27?,32-,37+,38+,43-,48+,50+,55-/m0/s1. The van der Waals surface area contributed by atoms with E-state index in [-0.39, 0.29) is 102 Å². The summed E-state index contributed by atoms with van der Waals surface area (Å²) < 4.78 is 47.1. The van der Waals surface area contributed by atoms with Gasteiger partial charge in [-0.2, -0.15) is 0 Å². The lowest BCUT2D eigenvalue weighted by atomic mass is 9.82. The number of alkyl carbamates (subject to hydrolysis) is 1. The number of ether oxygens (including phenoxy) is 5. The Hall–Kier alpha value is -7.19. The first-order valence-corrected chi connectivity index (χ1v) is 26.5. The molecule has 0 radical (unpaired) electrons. The number of phenols is 1. The number of carboxylic acids is 1. The van der Waals surface area contributed by atoms with Crippen molar-refractivity contribution in [2.24, 2.45) is 23.3 Å². The SMILES string of the molecule is CO[C@H]1C=CO[C@@]2(C)Oc3c(C)c(O)c4c(c3C2=O)C(=O)C(N2CCOCC2)=C(NC(=O)/C(C)=C\C=C\[C@H](C)[C@H](O)[C@@H](N)[C@@H](O)[C@@H](N)[C@H](OC(=O)NC2CCN(c3c(F)cc5c(=O)c(C(=O)O)cn(C6CC6)c5c3Cl)C2)[C@@H]1C)C4=O. The van der Waals surface area contributed by atoms with Crippen molar-refractivity contribution in [3.05, 3.63) is 109 Å². The molecule has 10 N–H and O–H groups in total. The molecular formula is C55H63ClFN7O16. The number of Topliss-reactive ketones (excluding diaryl/α,β-unsaturated/α-hetero) is 3. The monoisotopic (exact) mass is 1130 g/mol. The number of allylic oxidation sites excluding steroid dienone is 4. The molecule has 23 nitrogen and oxygen atoms in total. The molecule has 2 saturated heterocycles. The molecule has 2 aromatic carbocycles. The zero-order valence-corrected chi connectivity index (χ0v) is 45.4. The molecule has 2 amide bonds. The van der Waals surface area contributed by atoms with Crippen LogP contribution in [-0.4, -0.2) is 160 Å². The number of rotatable bonds is 7. The maximum atomic E-state index is 16.1. The van der Waals surface area contributed by atoms with Gasteiger partial charge in [0.05, 0.1) is 94.2 Å². The number of amides is 2. The third kappa shape index (κ3) is 10.3. The Kier molecular flexibility index (Phi) is 16.1. The molecule has 10 rings (SSSR count). The molecule has 1 unspecified atom stereocenters. The number of aromatic carboxylic acids is 1. The average Bonchev–Trinajstić information content (AvgIpc) is 4.30. The Balaban J connectivity index is 1.02. The number of hydrogen-bond donors (Lipinski definition) is 8. The molecule has 2 aliphatic carbocycles. The summed E-state index contributed by atoms with van der Waals surface area (Å²) in [4.78, 5) is 100. The normalized spacial score (nSPS) is 29.8. The smallest absolute Gasteiger partial charge is 0.407 e. The van der Waals surface area contributed by atoms with Crippen molar-refractivity contribution < 1.29 is 77.3 Å². The Morgan fingerprint density at radius 1 is 0.950 bits per heavy atom. The first-order chi connectivity index (χ1) is 37.9. The largest absolute Gasteiger partial charge is 0.507 e. The first-order valence-electron chi connectivity index (χ1n) is 26.1. The molecule has 1 aromatic heterocycles. The van der Waals surface area contributed by atoms with Crippen molar-refractivity contribution in [2.75, 3.05) is 51.4 Å². The fourth-order valence-corrected chi connectivity index (χ4v) is 11.4. The minimum atomic E-state index is -2.23. The summed E-state index contributed by atoms with van der Waals surface area (Å²) in [6, 6.07) is -2.91. The zero-order chi connectivity index (χ0) is 58.0. The number of carbonyl (C=O) groups excluding carboxylic acids is 5. The molecule has 80 heavy (non-hydrogen) atoms. The number of nitrogens with zero attached hydrogens (tertiary/aromatic N) is 3. The van der Waals surface area contributed by atoms with Crippen LogP contribution in [0.3, 0.4) is 0 Å². The summed E-state index contributed by atoms with van der Waals surface area (Å²) in [5, 5.41) is 49.7. The van der Waals surface area contributed by atoms with Crippen LogP contribution < -0.4 is 37.2 Å². The van der Waals surface area contributed by atoms with Crippen LogP contribution in [-0.2, 0) is 23.7 Å². The van der Waals surface area contributed by atoms with E-state index in [4.69, 9.17) is 46.8 Å². The van der Waals surface area contributed by atoms with Crippen molar-refractivity contribution in [1.82, 2.24) is 20.1 Å². The lowest BCUT2D eigenvalue weighted by Gasteiger charge is -2.37. The molecule has 428 valence electrons. The van der Waals surface area contributed by atoms with Crippen LogP contribution in [0.25, 0.3) is 10.9 Å². The number of carboxylic acid groups (broad SMARTS) is 1. The summed E-state index contributed by atoms with van der Waals surface area (Å²) in [6.45, 7) is 7.98. The number of halogens is 2. The van der Waals surface area contributed by atoms with Gasteiger partial charge in [-0.3, -0.25) is 24.0 Å². The number of pyridine rings is 1. The summed E-state index contributed by atoms with van der Waals surface area (Å²) in [6.07, 6.45) is 2.66. The summed E-state index contributed by atoms with van der Waals surface area (Å²) in [5.74, 6) is -10.8. The van der Waals surface area contributed by atoms with Crippen LogP contribution in [0.15, 0.2) is 64.6 Å². The number of hydrogen-bond acceptors (Lipinski definition) is 19. The number of nitrogens with one attached hydrogen (secondary N) is 2. The van der Waals surface area contributed by atoms with Gasteiger partial charge in [-0.25, -0.2) is 14.0 Å². The Morgan fingerprint density at radius 3 is 2.31 bits per heavy atom. The fourth-order valence-electron chi connectivity index (χ4n) is 11.0. The number of morpholine rings is 1. The molecule has 0 spiro atoms. The highest BCUT2D eigenvalue weighted by Crippen LogP contribution is 2.49. The number of methoxy groups -OCH3 is 1. The van der Waals surface area contributed by atoms with E-state index in [0.717, 1.165) is 12.3 Å². The number of nitrogens with two attached hydrogens (primary N) is 2. The predicted octanol–water partition coefficient (Wildman–Crippen LogP) is 3.26. The molecule has 6 heterocycles. The fraction of sp³-hybridized carbons (Fsp3) is 0.473. The Morgan fingerprint density at radius 2 is 1.65 bits per heavy atom. The number of ketones is 3. The number of phenolic OH excluding ortho intramolecular Hbond substituents is 1. The minimum Gasteiger partial charge on any atom is -0.507 e. The first kappa shape index (κ1) is 57.5. The lowest BCUT2D eigenvalue weighted by molar-refractivity contribution is -0.116. The van der Waals surface area contributed by atoms with Crippen molar-refractivity contribution in [1.29, 1.82) is 0 Å². The quantitative estimate of drug-likeness (QED) is 0.168. The van der Waals surface area contributed by atoms with Gasteiger partial charge in [0.2, 0.25) is 17.0 Å². The van der Waals surface area contributed by atoms with Crippen LogP contribution in [0.1, 0.15) is 100.0 Å². The van der Waals surface area contributed by atoms with Gasteiger partial charge in [0, 0.05) is 75.4 Å². The van der Waals surface area contributed by atoms with Crippen molar-refractivity contribution in [3.63, 3.8) is 0 Å². The highest BCUT2D eigenvalue weighted by molar-refractivity contribution is 6.38. The van der Waals surface area contributed by atoms with Crippen LogP contribution >= 0.6 is 11.6 Å². The second-order valence-electron chi connectivity index (χ2n) is 21.2. The number of benzene rings is 2. The van der Waals surface area contributed by atoms with E-state index < -0.39 is 135 Å². The topological polar surface area (TPSA) is 334 Å².